The number of fused-ring (bicyclic) bond motifs is 1. The Morgan fingerprint density at radius 2 is 1.69 bits per heavy atom. The fraction of sp³-hybridized carbons (Fsp3) is 0.158. The first-order chi connectivity index (χ1) is 12.6. The SMILES string of the molecule is O=C(O[C@@H]1CCOC1=O)c1cccc(N2C(=O)c3ccccc3C2=O)c1. The summed E-state index contributed by atoms with van der Waals surface area (Å²) in [6, 6.07) is 12.5. The van der Waals surface area contributed by atoms with E-state index in [1.165, 1.54) is 12.1 Å². The summed E-state index contributed by atoms with van der Waals surface area (Å²) >= 11 is 0. The molecular formula is C19H13NO6. The van der Waals surface area contributed by atoms with Crippen molar-refractivity contribution in [3.05, 3.63) is 65.2 Å². The van der Waals surface area contributed by atoms with Crippen LogP contribution in [-0.2, 0) is 14.3 Å². The molecule has 0 aromatic heterocycles. The summed E-state index contributed by atoms with van der Waals surface area (Å²) in [5.41, 5.74) is 1.04. The fourth-order valence-electron chi connectivity index (χ4n) is 2.98. The van der Waals surface area contributed by atoms with Crippen LogP contribution in [0.3, 0.4) is 0 Å². The number of nitrogens with zero attached hydrogens (tertiary/aromatic N) is 1. The molecule has 2 aliphatic heterocycles. The van der Waals surface area contributed by atoms with Gasteiger partial charge in [0.15, 0.2) is 0 Å². The summed E-state index contributed by atoms with van der Waals surface area (Å²) < 4.78 is 9.90. The molecule has 26 heavy (non-hydrogen) atoms. The van der Waals surface area contributed by atoms with E-state index in [0.717, 1.165) is 4.90 Å². The van der Waals surface area contributed by atoms with E-state index in [-0.39, 0.29) is 17.9 Å². The van der Waals surface area contributed by atoms with Crippen molar-refractivity contribution in [3.63, 3.8) is 0 Å². The van der Waals surface area contributed by atoms with Crippen molar-refractivity contribution in [1.82, 2.24) is 0 Å². The van der Waals surface area contributed by atoms with Crippen LogP contribution in [0.5, 0.6) is 0 Å². The number of ether oxygens (including phenoxy) is 2. The van der Waals surface area contributed by atoms with Crippen molar-refractivity contribution in [2.24, 2.45) is 0 Å². The topological polar surface area (TPSA) is 90.0 Å². The minimum atomic E-state index is -0.925. The lowest BCUT2D eigenvalue weighted by Gasteiger charge is -2.15. The third-order valence-corrected chi connectivity index (χ3v) is 4.27. The maximum atomic E-state index is 12.5. The number of rotatable bonds is 3. The van der Waals surface area contributed by atoms with Crippen LogP contribution >= 0.6 is 0 Å². The van der Waals surface area contributed by atoms with Crippen LogP contribution in [0.15, 0.2) is 48.5 Å². The van der Waals surface area contributed by atoms with Crippen molar-refractivity contribution in [1.29, 1.82) is 0 Å². The van der Waals surface area contributed by atoms with E-state index >= 15 is 0 Å². The molecule has 130 valence electrons. The van der Waals surface area contributed by atoms with Crippen LogP contribution in [-0.4, -0.2) is 36.5 Å². The molecule has 2 heterocycles. The average Bonchev–Trinajstić information content (AvgIpc) is 3.17. The van der Waals surface area contributed by atoms with Crippen molar-refractivity contribution in [2.45, 2.75) is 12.5 Å². The maximum Gasteiger partial charge on any atom is 0.347 e. The molecule has 1 saturated heterocycles. The number of cyclic esters (lactones) is 1. The van der Waals surface area contributed by atoms with E-state index in [4.69, 9.17) is 9.47 Å². The van der Waals surface area contributed by atoms with E-state index in [1.54, 1.807) is 36.4 Å². The zero-order valence-electron chi connectivity index (χ0n) is 13.5. The van der Waals surface area contributed by atoms with Gasteiger partial charge < -0.3 is 9.47 Å². The molecule has 7 heteroatoms. The first-order valence-corrected chi connectivity index (χ1v) is 8.02. The fourth-order valence-corrected chi connectivity index (χ4v) is 2.98. The van der Waals surface area contributed by atoms with Gasteiger partial charge in [0.1, 0.15) is 0 Å². The summed E-state index contributed by atoms with van der Waals surface area (Å²) in [7, 11) is 0. The Morgan fingerprint density at radius 1 is 1.00 bits per heavy atom. The van der Waals surface area contributed by atoms with Gasteiger partial charge in [0.05, 0.1) is 29.0 Å². The number of amides is 2. The molecule has 0 N–H and O–H groups in total. The smallest absolute Gasteiger partial charge is 0.347 e. The second-order valence-electron chi connectivity index (χ2n) is 5.89. The Labute approximate surface area is 148 Å². The highest BCUT2D eigenvalue weighted by atomic mass is 16.6. The average molecular weight is 351 g/mol. The molecular weight excluding hydrogens is 338 g/mol. The number of carbonyl (C=O) groups excluding carboxylic acids is 4. The summed E-state index contributed by atoms with van der Waals surface area (Å²) in [6.07, 6.45) is -0.617. The van der Waals surface area contributed by atoms with Crippen molar-refractivity contribution in [3.8, 4) is 0 Å². The molecule has 2 aromatic carbocycles. The lowest BCUT2D eigenvalue weighted by Crippen LogP contribution is -2.29. The van der Waals surface area contributed by atoms with Crippen LogP contribution in [0, 0.1) is 0 Å². The predicted octanol–water partition coefficient (Wildman–Crippen LogP) is 1.96. The molecule has 0 aliphatic carbocycles. The van der Waals surface area contributed by atoms with Gasteiger partial charge >= 0.3 is 11.9 Å². The van der Waals surface area contributed by atoms with Gasteiger partial charge in [0, 0.05) is 6.42 Å². The third-order valence-electron chi connectivity index (χ3n) is 4.27. The van der Waals surface area contributed by atoms with Crippen LogP contribution in [0.4, 0.5) is 5.69 Å². The van der Waals surface area contributed by atoms with Gasteiger partial charge in [-0.25, -0.2) is 14.5 Å². The van der Waals surface area contributed by atoms with E-state index in [0.29, 0.717) is 17.5 Å². The maximum absolute atomic E-state index is 12.5. The number of carbonyl (C=O) groups is 4. The molecule has 0 unspecified atom stereocenters. The molecule has 4 rings (SSSR count). The third kappa shape index (κ3) is 2.54. The van der Waals surface area contributed by atoms with E-state index < -0.39 is 29.9 Å². The molecule has 0 spiro atoms. The minimum Gasteiger partial charge on any atom is -0.463 e. The van der Waals surface area contributed by atoms with Crippen LogP contribution in [0.1, 0.15) is 37.5 Å². The molecule has 2 aliphatic rings. The first-order valence-electron chi connectivity index (χ1n) is 8.02. The van der Waals surface area contributed by atoms with Gasteiger partial charge in [-0.05, 0) is 30.3 Å². The monoisotopic (exact) mass is 351 g/mol. The van der Waals surface area contributed by atoms with Gasteiger partial charge in [-0.3, -0.25) is 9.59 Å². The Balaban J connectivity index is 1.61. The first kappa shape index (κ1) is 16.0. The largest absolute Gasteiger partial charge is 0.463 e. The number of esters is 2. The number of imide groups is 1. The summed E-state index contributed by atoms with van der Waals surface area (Å²) in [4.78, 5) is 49.8. The highest BCUT2D eigenvalue weighted by Gasteiger charge is 2.36. The molecule has 1 fully saturated rings. The number of hydrogen-bond donors (Lipinski definition) is 0. The Hall–Kier alpha value is -3.48. The highest BCUT2D eigenvalue weighted by Crippen LogP contribution is 2.29. The Kier molecular flexibility index (Phi) is 3.76. The molecule has 0 bridgehead atoms. The Morgan fingerprint density at radius 3 is 2.31 bits per heavy atom. The molecule has 2 amide bonds. The standard InChI is InChI=1S/C19H13NO6/c21-16-13-6-1-2-7-14(13)17(22)20(16)12-5-3-4-11(10-12)18(23)26-15-8-9-25-19(15)24/h1-7,10,15H,8-9H2/t15-/m1/s1. The van der Waals surface area contributed by atoms with Crippen LogP contribution in [0.25, 0.3) is 0 Å². The lowest BCUT2D eigenvalue weighted by atomic mass is 10.1. The summed E-state index contributed by atoms with van der Waals surface area (Å²) in [6.45, 7) is 0.214. The molecule has 0 saturated carbocycles. The molecule has 0 radical (unpaired) electrons. The number of benzene rings is 2. The van der Waals surface area contributed by atoms with Crippen molar-refractivity contribution in [2.75, 3.05) is 11.5 Å². The van der Waals surface area contributed by atoms with Gasteiger partial charge in [0.25, 0.3) is 11.8 Å². The summed E-state index contributed by atoms with van der Waals surface area (Å²) in [5.74, 6) is -2.19. The van der Waals surface area contributed by atoms with Crippen molar-refractivity contribution >= 4 is 29.4 Å². The van der Waals surface area contributed by atoms with Crippen LogP contribution < -0.4 is 4.90 Å². The second kappa shape index (κ2) is 6.11. The van der Waals surface area contributed by atoms with Gasteiger partial charge in [-0.2, -0.15) is 0 Å². The van der Waals surface area contributed by atoms with E-state index in [1.807, 2.05) is 0 Å². The number of anilines is 1. The van der Waals surface area contributed by atoms with Gasteiger partial charge in [-0.15, -0.1) is 0 Å². The predicted molar refractivity (Wildman–Crippen MR) is 88.8 cm³/mol. The van der Waals surface area contributed by atoms with E-state index in [9.17, 15) is 19.2 Å². The minimum absolute atomic E-state index is 0.138. The zero-order valence-corrected chi connectivity index (χ0v) is 13.5. The van der Waals surface area contributed by atoms with E-state index in [2.05, 4.69) is 0 Å². The van der Waals surface area contributed by atoms with Crippen LogP contribution in [0.2, 0.25) is 0 Å². The molecule has 1 atom stereocenters. The van der Waals surface area contributed by atoms with Gasteiger partial charge in [0.2, 0.25) is 6.10 Å². The normalized spacial score (nSPS) is 18.7. The molecule has 2 aromatic rings. The highest BCUT2D eigenvalue weighted by molar-refractivity contribution is 6.34. The van der Waals surface area contributed by atoms with Crippen molar-refractivity contribution < 1.29 is 28.7 Å². The quantitative estimate of drug-likeness (QED) is 0.620. The molecule has 7 nitrogen and oxygen atoms in total. The second-order valence-corrected chi connectivity index (χ2v) is 5.89. The zero-order chi connectivity index (χ0) is 18.3. The number of hydrogen-bond acceptors (Lipinski definition) is 6. The summed E-state index contributed by atoms with van der Waals surface area (Å²) in [5, 5.41) is 0. The lowest BCUT2D eigenvalue weighted by molar-refractivity contribution is -0.145. The van der Waals surface area contributed by atoms with Gasteiger partial charge in [-0.1, -0.05) is 18.2 Å². The Bertz CT molecular complexity index is 916.